The molecule has 1 aliphatic rings. The molecule has 212 valence electrons. The molecule has 0 aromatic heterocycles. The molecule has 18 heteroatoms. The monoisotopic (exact) mass is 660 g/mol. The van der Waals surface area contributed by atoms with E-state index in [1.165, 1.54) is 6.07 Å². The summed E-state index contributed by atoms with van der Waals surface area (Å²) in [6.07, 6.45) is -0.406. The van der Waals surface area contributed by atoms with Crippen LogP contribution in [0.25, 0.3) is 0 Å². The molecule has 3 atom stereocenters. The number of nitro benzene ring substituents is 1. The number of amides is 5. The third kappa shape index (κ3) is 9.23. The first-order valence-corrected chi connectivity index (χ1v) is 12.6. The lowest BCUT2D eigenvalue weighted by Crippen LogP contribution is -2.57. The van der Waals surface area contributed by atoms with E-state index in [1.807, 2.05) is 0 Å². The minimum atomic E-state index is -1.54. The van der Waals surface area contributed by atoms with Gasteiger partial charge >= 0.3 is 0 Å². The second-order valence-corrected chi connectivity index (χ2v) is 9.65. The minimum absolute atomic E-state index is 0.0164. The van der Waals surface area contributed by atoms with Gasteiger partial charge in [0.2, 0.25) is 23.6 Å². The Balaban J connectivity index is 2.52. The van der Waals surface area contributed by atoms with Crippen LogP contribution in [0.4, 0.5) is 11.4 Å². The number of non-ortho nitro benzene ring substituents is 1. The Labute approximate surface area is 235 Å². The van der Waals surface area contributed by atoms with Crippen molar-refractivity contribution >= 4 is 69.5 Å². The molecule has 1 aromatic carbocycles. The Kier molecular flexibility index (Phi) is 11.2. The number of nitrogens with zero attached hydrogens (tertiary/aromatic N) is 2. The Morgan fingerprint density at radius 3 is 2.31 bits per heavy atom. The molecule has 5 amide bonds. The molecule has 12 N–H and O–H groups in total. The molecule has 17 nitrogen and oxygen atoms in total. The maximum Gasteiger partial charge on any atom is 0.271 e. The Hall–Kier alpha value is -4.23. The lowest BCUT2D eigenvalue weighted by atomic mass is 10.1. The number of nitrogens with one attached hydrogen (secondary N) is 4. The van der Waals surface area contributed by atoms with Crippen LogP contribution in [0, 0.1) is 13.7 Å². The van der Waals surface area contributed by atoms with Gasteiger partial charge in [0.15, 0.2) is 5.96 Å². The Bertz CT molecular complexity index is 1190. The first kappa shape index (κ1) is 31.0. The number of carbonyl (C=O) groups is 5. The number of primary amides is 2. The molecule has 3 unspecified atom stereocenters. The number of anilines is 1. The molecular formula is C21H29IN10O7. The minimum Gasteiger partial charge on any atom is -0.383 e. The maximum absolute atomic E-state index is 13.2. The van der Waals surface area contributed by atoms with Gasteiger partial charge in [0.05, 0.1) is 22.6 Å². The normalized spacial score (nSPS) is 20.1. The van der Waals surface area contributed by atoms with Crippen LogP contribution in [-0.2, 0) is 19.2 Å². The van der Waals surface area contributed by atoms with Crippen molar-refractivity contribution in [2.45, 2.75) is 43.8 Å². The van der Waals surface area contributed by atoms with E-state index in [2.05, 4.69) is 26.3 Å². The van der Waals surface area contributed by atoms with Gasteiger partial charge in [0.25, 0.3) is 11.6 Å². The van der Waals surface area contributed by atoms with E-state index in [-0.39, 0.29) is 53.1 Å². The van der Waals surface area contributed by atoms with Crippen molar-refractivity contribution in [3.8, 4) is 0 Å². The van der Waals surface area contributed by atoms with Gasteiger partial charge in [-0.3, -0.25) is 39.1 Å². The number of carbonyl (C=O) groups excluding carboxylic acids is 5. The number of hydrogen-bond donors (Lipinski definition) is 8. The number of hydrogen-bond acceptors (Lipinski definition) is 9. The van der Waals surface area contributed by atoms with Gasteiger partial charge in [-0.2, -0.15) is 0 Å². The predicted molar refractivity (Wildman–Crippen MR) is 147 cm³/mol. The molecule has 1 heterocycles. The topological polar surface area (TPSA) is 293 Å². The van der Waals surface area contributed by atoms with E-state index >= 15 is 0 Å². The Morgan fingerprint density at radius 1 is 1.05 bits per heavy atom. The highest BCUT2D eigenvalue weighted by molar-refractivity contribution is 14.1. The molecule has 2 rings (SSSR count). The molecule has 0 saturated heterocycles. The van der Waals surface area contributed by atoms with Crippen LogP contribution in [0.2, 0.25) is 0 Å². The molecule has 0 radical (unpaired) electrons. The predicted octanol–water partition coefficient (Wildman–Crippen LogP) is -2.50. The molecular weight excluding hydrogens is 631 g/mol. The standard InChI is InChI=1S/C21H29IN10O7/c22-11-7-9(32(38)39)6-10-16(11)27-5-3-12(17(24)34)29-19(36)13(2-1-4-28-21(25)26)30-20(37)14(8-15(23)33)31-18(10)35/h6-7,12-14,27H,1-5,8H2,(H2,23,33)(H2,24,34)(H,29,36)(H,30,37)(H,31,35)(H4,25,26,28). The fourth-order valence-electron chi connectivity index (χ4n) is 3.65. The summed E-state index contributed by atoms with van der Waals surface area (Å²) in [5, 5.41) is 21.7. The van der Waals surface area contributed by atoms with E-state index in [0.29, 0.717) is 0 Å². The lowest BCUT2D eigenvalue weighted by Gasteiger charge is -2.26. The van der Waals surface area contributed by atoms with Crippen molar-refractivity contribution in [2.75, 3.05) is 18.4 Å². The number of benzene rings is 1. The largest absolute Gasteiger partial charge is 0.383 e. The molecule has 0 aliphatic carbocycles. The quantitative estimate of drug-likeness (QED) is 0.0362. The van der Waals surface area contributed by atoms with Gasteiger partial charge in [-0.05, 0) is 41.9 Å². The van der Waals surface area contributed by atoms with Crippen LogP contribution in [0.15, 0.2) is 17.1 Å². The number of fused-ring (bicyclic) bond motifs is 1. The van der Waals surface area contributed by atoms with E-state index in [9.17, 15) is 34.1 Å². The Morgan fingerprint density at radius 2 is 1.72 bits per heavy atom. The van der Waals surface area contributed by atoms with E-state index in [0.717, 1.165) is 6.07 Å². The third-order valence-corrected chi connectivity index (χ3v) is 6.38. The van der Waals surface area contributed by atoms with Crippen LogP contribution in [0.1, 0.15) is 36.0 Å². The number of guanidine groups is 1. The van der Waals surface area contributed by atoms with Gasteiger partial charge in [-0.25, -0.2) is 0 Å². The van der Waals surface area contributed by atoms with E-state index in [4.69, 9.17) is 22.9 Å². The zero-order valence-corrected chi connectivity index (χ0v) is 22.7. The number of nitrogens with two attached hydrogens (primary N) is 4. The summed E-state index contributed by atoms with van der Waals surface area (Å²) in [6, 6.07) is -1.71. The summed E-state index contributed by atoms with van der Waals surface area (Å²) in [5.74, 6) is -4.57. The van der Waals surface area contributed by atoms with Gasteiger partial charge in [0.1, 0.15) is 18.1 Å². The fraction of sp³-hybridized carbons (Fsp3) is 0.429. The lowest BCUT2D eigenvalue weighted by molar-refractivity contribution is -0.384. The summed E-state index contributed by atoms with van der Waals surface area (Å²) in [4.78, 5) is 77.7. The van der Waals surface area contributed by atoms with Crippen molar-refractivity contribution in [1.29, 1.82) is 0 Å². The average Bonchev–Trinajstić information content (AvgIpc) is 2.83. The van der Waals surface area contributed by atoms with Gasteiger partial charge in [0, 0.05) is 28.8 Å². The fourth-order valence-corrected chi connectivity index (χ4v) is 4.45. The molecule has 1 aliphatic heterocycles. The van der Waals surface area contributed by atoms with E-state index < -0.39 is 64.7 Å². The first-order chi connectivity index (χ1) is 18.3. The second-order valence-electron chi connectivity index (χ2n) is 8.49. The number of rotatable bonds is 8. The van der Waals surface area contributed by atoms with Gasteiger partial charge < -0.3 is 44.2 Å². The van der Waals surface area contributed by atoms with Crippen molar-refractivity contribution in [3.05, 3.63) is 31.4 Å². The van der Waals surface area contributed by atoms with Crippen LogP contribution >= 0.6 is 22.6 Å². The molecule has 0 saturated carbocycles. The highest BCUT2D eigenvalue weighted by atomic mass is 127. The summed E-state index contributed by atoms with van der Waals surface area (Å²) in [6.45, 7) is 0.148. The maximum atomic E-state index is 13.2. The summed E-state index contributed by atoms with van der Waals surface area (Å²) >= 11 is 1.78. The highest BCUT2D eigenvalue weighted by Crippen LogP contribution is 2.29. The zero-order valence-electron chi connectivity index (χ0n) is 20.6. The summed E-state index contributed by atoms with van der Waals surface area (Å²) in [7, 11) is 0. The smallest absolute Gasteiger partial charge is 0.271 e. The van der Waals surface area contributed by atoms with Gasteiger partial charge in [-0.1, -0.05) is 0 Å². The molecule has 0 bridgehead atoms. The van der Waals surface area contributed by atoms with Crippen LogP contribution in [0.3, 0.4) is 0 Å². The van der Waals surface area contributed by atoms with Crippen LogP contribution < -0.4 is 44.2 Å². The SMILES string of the molecule is NC(=O)CC1NC(=O)c2cc([N+](=O)[O-])cc(I)c2NCCC(C(N)=O)NC(=O)C(CCCN=C(N)N)NC1=O. The number of aliphatic imine (C=N–C) groups is 1. The van der Waals surface area contributed by atoms with Gasteiger partial charge in [-0.15, -0.1) is 0 Å². The average molecular weight is 660 g/mol. The summed E-state index contributed by atoms with van der Waals surface area (Å²) < 4.78 is 0.287. The molecule has 1 aromatic rings. The van der Waals surface area contributed by atoms with Crippen molar-refractivity contribution in [3.63, 3.8) is 0 Å². The number of nitro groups is 1. The van der Waals surface area contributed by atoms with Crippen molar-refractivity contribution in [2.24, 2.45) is 27.9 Å². The molecule has 39 heavy (non-hydrogen) atoms. The van der Waals surface area contributed by atoms with Crippen LogP contribution in [0.5, 0.6) is 0 Å². The third-order valence-electron chi connectivity index (χ3n) is 5.53. The molecule has 0 spiro atoms. The van der Waals surface area contributed by atoms with E-state index in [1.54, 1.807) is 22.6 Å². The summed E-state index contributed by atoms with van der Waals surface area (Å²) in [5.41, 5.74) is 20.9. The van der Waals surface area contributed by atoms with Crippen LogP contribution in [-0.4, -0.2) is 71.6 Å². The number of halogens is 1. The second kappa shape index (κ2) is 14.1. The molecule has 0 fully saturated rings. The van der Waals surface area contributed by atoms with Crippen molar-refractivity contribution < 1.29 is 28.9 Å². The first-order valence-electron chi connectivity index (χ1n) is 11.6. The highest BCUT2D eigenvalue weighted by Gasteiger charge is 2.31. The van der Waals surface area contributed by atoms with Crippen molar-refractivity contribution in [1.82, 2.24) is 16.0 Å². The zero-order chi connectivity index (χ0) is 29.3.